The van der Waals surface area contributed by atoms with Gasteiger partial charge in [0.1, 0.15) is 5.82 Å². The molecule has 5 heteroatoms. The Balaban J connectivity index is 1.87. The van der Waals surface area contributed by atoms with E-state index in [0.29, 0.717) is 6.04 Å². The van der Waals surface area contributed by atoms with Gasteiger partial charge in [0, 0.05) is 12.5 Å². The number of nitrogens with one attached hydrogen (secondary N) is 2. The number of rotatable bonds is 2. The molecule has 0 fully saturated rings. The van der Waals surface area contributed by atoms with Crippen molar-refractivity contribution in [1.82, 2.24) is 25.9 Å². The van der Waals surface area contributed by atoms with Crippen LogP contribution in [0.4, 0.5) is 0 Å². The summed E-state index contributed by atoms with van der Waals surface area (Å²) in [5.74, 6) is 0.828. The van der Waals surface area contributed by atoms with Crippen molar-refractivity contribution in [2.24, 2.45) is 0 Å². The minimum absolute atomic E-state index is 0.319. The Hall–Kier alpha value is -1.75. The number of fused-ring (bicyclic) bond motifs is 1. The first-order valence-corrected chi connectivity index (χ1v) is 5.47. The van der Waals surface area contributed by atoms with E-state index in [4.69, 9.17) is 0 Å². The maximum atomic E-state index is 3.93. The minimum Gasteiger partial charge on any atom is -0.309 e. The monoisotopic (exact) mass is 215 g/mol. The zero-order valence-corrected chi connectivity index (χ0v) is 8.85. The van der Waals surface area contributed by atoms with Gasteiger partial charge in [-0.2, -0.15) is 0 Å². The maximum Gasteiger partial charge on any atom is 0.150 e. The molecule has 1 unspecified atom stereocenters. The Morgan fingerprint density at radius 2 is 2.25 bits per heavy atom. The predicted molar refractivity (Wildman–Crippen MR) is 58.8 cm³/mol. The molecule has 0 saturated carbocycles. The van der Waals surface area contributed by atoms with E-state index >= 15 is 0 Å². The quantitative estimate of drug-likeness (QED) is 0.771. The second kappa shape index (κ2) is 4.02. The molecule has 0 spiro atoms. The highest BCUT2D eigenvalue weighted by atomic mass is 15.5. The first kappa shape index (κ1) is 9.47. The number of nitrogens with zero attached hydrogens (tertiary/aromatic N) is 3. The molecule has 1 aliphatic rings. The highest BCUT2D eigenvalue weighted by molar-refractivity contribution is 5.32. The van der Waals surface area contributed by atoms with E-state index in [-0.39, 0.29) is 0 Å². The van der Waals surface area contributed by atoms with Gasteiger partial charge in [-0.3, -0.25) is 0 Å². The van der Waals surface area contributed by atoms with Gasteiger partial charge in [-0.25, -0.2) is 5.10 Å². The van der Waals surface area contributed by atoms with Gasteiger partial charge in [0.2, 0.25) is 0 Å². The number of tetrazole rings is 1. The van der Waals surface area contributed by atoms with Gasteiger partial charge in [0.25, 0.3) is 0 Å². The Morgan fingerprint density at radius 1 is 1.31 bits per heavy atom. The topological polar surface area (TPSA) is 66.5 Å². The number of aromatic amines is 1. The van der Waals surface area contributed by atoms with Gasteiger partial charge in [0.05, 0.1) is 0 Å². The Kier molecular flexibility index (Phi) is 2.38. The molecule has 5 nitrogen and oxygen atoms in total. The highest BCUT2D eigenvalue weighted by Crippen LogP contribution is 2.24. The van der Waals surface area contributed by atoms with Gasteiger partial charge in [-0.05, 0) is 34.5 Å². The third kappa shape index (κ3) is 1.69. The Morgan fingerprint density at radius 3 is 3.12 bits per heavy atom. The lowest BCUT2D eigenvalue weighted by Gasteiger charge is -2.26. The van der Waals surface area contributed by atoms with Crippen LogP contribution in [0.5, 0.6) is 0 Å². The van der Waals surface area contributed by atoms with Crippen LogP contribution in [0.2, 0.25) is 0 Å². The Bertz CT molecular complexity index is 465. The third-order valence-corrected chi connectivity index (χ3v) is 3.00. The largest absolute Gasteiger partial charge is 0.309 e. The second-order valence-corrected chi connectivity index (χ2v) is 4.01. The predicted octanol–water partition coefficient (Wildman–Crippen LogP) is 0.629. The average Bonchev–Trinajstić information content (AvgIpc) is 2.82. The smallest absolute Gasteiger partial charge is 0.150 e. The van der Waals surface area contributed by atoms with Gasteiger partial charge in [0.15, 0.2) is 0 Å². The van der Waals surface area contributed by atoms with Crippen LogP contribution in [0.25, 0.3) is 0 Å². The summed E-state index contributed by atoms with van der Waals surface area (Å²) in [6, 6.07) is 8.87. The van der Waals surface area contributed by atoms with Gasteiger partial charge >= 0.3 is 0 Å². The Labute approximate surface area is 93.3 Å². The third-order valence-electron chi connectivity index (χ3n) is 3.00. The van der Waals surface area contributed by atoms with Gasteiger partial charge < -0.3 is 5.32 Å². The van der Waals surface area contributed by atoms with Crippen molar-refractivity contribution < 1.29 is 0 Å². The van der Waals surface area contributed by atoms with Gasteiger partial charge in [-0.15, -0.1) is 5.10 Å². The molecule has 1 aromatic carbocycles. The summed E-state index contributed by atoms with van der Waals surface area (Å²) in [6.07, 6.45) is 1.91. The molecule has 1 aliphatic heterocycles. The molecule has 1 aromatic heterocycles. The number of aromatic nitrogens is 4. The average molecular weight is 215 g/mol. The fourth-order valence-electron chi connectivity index (χ4n) is 2.23. The zero-order valence-electron chi connectivity index (χ0n) is 8.85. The number of H-pyrrole nitrogens is 1. The summed E-state index contributed by atoms with van der Waals surface area (Å²) < 4.78 is 0. The molecule has 16 heavy (non-hydrogen) atoms. The van der Waals surface area contributed by atoms with Crippen molar-refractivity contribution in [1.29, 1.82) is 0 Å². The van der Waals surface area contributed by atoms with E-state index in [1.807, 2.05) is 0 Å². The minimum atomic E-state index is 0.319. The van der Waals surface area contributed by atoms with Crippen molar-refractivity contribution in [2.45, 2.75) is 18.9 Å². The van der Waals surface area contributed by atoms with Crippen LogP contribution in [0, 0.1) is 0 Å². The lowest BCUT2D eigenvalue weighted by Crippen LogP contribution is -2.31. The van der Waals surface area contributed by atoms with Gasteiger partial charge in [-0.1, -0.05) is 24.3 Å². The summed E-state index contributed by atoms with van der Waals surface area (Å²) in [6.45, 7) is 1.02. The standard InChI is InChI=1S/C11H13N5/c1-2-4-9-8(3-1)5-6-12-10(9)7-11-13-15-16-14-11/h1-4,10,12H,5-7H2,(H,13,14,15,16). The number of hydrogen-bond donors (Lipinski definition) is 2. The normalized spacial score (nSPS) is 19.4. The van der Waals surface area contributed by atoms with E-state index in [2.05, 4.69) is 50.2 Å². The van der Waals surface area contributed by atoms with Crippen LogP contribution in [0.1, 0.15) is 23.0 Å². The van der Waals surface area contributed by atoms with E-state index < -0.39 is 0 Å². The molecule has 2 N–H and O–H groups in total. The molecule has 82 valence electrons. The van der Waals surface area contributed by atoms with Crippen LogP contribution >= 0.6 is 0 Å². The summed E-state index contributed by atoms with van der Waals surface area (Å²) in [7, 11) is 0. The highest BCUT2D eigenvalue weighted by Gasteiger charge is 2.20. The van der Waals surface area contributed by atoms with Crippen LogP contribution in [-0.4, -0.2) is 27.2 Å². The molecular formula is C11H13N5. The fraction of sp³-hybridized carbons (Fsp3) is 0.364. The number of hydrogen-bond acceptors (Lipinski definition) is 4. The number of benzene rings is 1. The first-order chi connectivity index (χ1) is 7.93. The molecular weight excluding hydrogens is 202 g/mol. The fourth-order valence-corrected chi connectivity index (χ4v) is 2.23. The van der Waals surface area contributed by atoms with Crippen molar-refractivity contribution in [3.05, 3.63) is 41.2 Å². The molecule has 0 amide bonds. The van der Waals surface area contributed by atoms with Crippen LogP contribution < -0.4 is 5.32 Å². The van der Waals surface area contributed by atoms with Crippen molar-refractivity contribution in [3.8, 4) is 0 Å². The summed E-state index contributed by atoms with van der Waals surface area (Å²) in [5.41, 5.74) is 2.80. The molecule has 0 radical (unpaired) electrons. The first-order valence-electron chi connectivity index (χ1n) is 5.47. The van der Waals surface area contributed by atoms with Crippen LogP contribution in [0.3, 0.4) is 0 Å². The maximum absolute atomic E-state index is 3.93. The molecule has 2 heterocycles. The van der Waals surface area contributed by atoms with E-state index in [0.717, 1.165) is 25.2 Å². The van der Waals surface area contributed by atoms with Crippen molar-refractivity contribution >= 4 is 0 Å². The molecule has 1 atom stereocenters. The summed E-state index contributed by atoms with van der Waals surface area (Å²) in [4.78, 5) is 0. The lowest BCUT2D eigenvalue weighted by molar-refractivity contribution is 0.493. The lowest BCUT2D eigenvalue weighted by atomic mass is 9.92. The van der Waals surface area contributed by atoms with E-state index in [1.165, 1.54) is 11.1 Å². The molecule has 0 bridgehead atoms. The molecule has 0 aliphatic carbocycles. The SMILES string of the molecule is c1ccc2c(c1)CCNC2Cc1nnn[nH]1. The molecule has 0 saturated heterocycles. The summed E-state index contributed by atoms with van der Waals surface area (Å²) in [5, 5.41) is 17.4. The van der Waals surface area contributed by atoms with E-state index in [9.17, 15) is 0 Å². The van der Waals surface area contributed by atoms with Crippen molar-refractivity contribution in [3.63, 3.8) is 0 Å². The zero-order chi connectivity index (χ0) is 10.8. The second-order valence-electron chi connectivity index (χ2n) is 4.01. The summed E-state index contributed by atoms with van der Waals surface area (Å²) >= 11 is 0. The van der Waals surface area contributed by atoms with Crippen molar-refractivity contribution in [2.75, 3.05) is 6.54 Å². The van der Waals surface area contributed by atoms with Crippen LogP contribution in [0.15, 0.2) is 24.3 Å². The van der Waals surface area contributed by atoms with Crippen LogP contribution in [-0.2, 0) is 12.8 Å². The molecule has 2 aromatic rings. The van der Waals surface area contributed by atoms with E-state index in [1.54, 1.807) is 0 Å². The molecule has 3 rings (SSSR count).